The maximum absolute atomic E-state index is 11.7. The van der Waals surface area contributed by atoms with Gasteiger partial charge < -0.3 is 20.8 Å². The highest BCUT2D eigenvalue weighted by atomic mass is 16.4. The molecule has 4 atom stereocenters. The second-order valence-electron chi connectivity index (χ2n) is 4.20. The summed E-state index contributed by atoms with van der Waals surface area (Å²) >= 11 is 0. The first-order valence-corrected chi connectivity index (χ1v) is 5.38. The molecule has 0 aliphatic carbocycles. The van der Waals surface area contributed by atoms with Crippen molar-refractivity contribution >= 4 is 11.9 Å². The van der Waals surface area contributed by atoms with Crippen LogP contribution in [0.25, 0.3) is 0 Å². The number of nitrogens with one attached hydrogen (secondary N) is 2. The molecule has 0 aromatic heterocycles. The maximum Gasteiger partial charge on any atom is 0.328 e. The van der Waals surface area contributed by atoms with Crippen LogP contribution in [-0.2, 0) is 9.59 Å². The highest BCUT2D eigenvalue weighted by molar-refractivity contribution is 5.85. The second-order valence-corrected chi connectivity index (χ2v) is 4.20. The van der Waals surface area contributed by atoms with Crippen molar-refractivity contribution < 1.29 is 19.8 Å². The van der Waals surface area contributed by atoms with Crippen LogP contribution in [-0.4, -0.2) is 46.8 Å². The first-order chi connectivity index (χ1) is 7.43. The summed E-state index contributed by atoms with van der Waals surface area (Å²) in [6, 6.07) is -1.19. The lowest BCUT2D eigenvalue weighted by Crippen LogP contribution is -2.50. The SMILES string of the molecule is CC(O)C(NC(=O)C1CCNC1C)C(=O)O. The lowest BCUT2D eigenvalue weighted by molar-refractivity contribution is -0.145. The molecule has 6 nitrogen and oxygen atoms in total. The molecule has 1 aliphatic rings. The van der Waals surface area contributed by atoms with Gasteiger partial charge in [0, 0.05) is 6.04 Å². The molecule has 4 N–H and O–H groups in total. The number of amides is 1. The number of carbonyl (C=O) groups excluding carboxylic acids is 1. The Balaban J connectivity index is 2.58. The van der Waals surface area contributed by atoms with E-state index in [4.69, 9.17) is 5.11 Å². The molecule has 1 heterocycles. The van der Waals surface area contributed by atoms with Crippen LogP contribution in [0.1, 0.15) is 20.3 Å². The molecule has 1 rings (SSSR count). The number of aliphatic carboxylic acids is 1. The van der Waals surface area contributed by atoms with Gasteiger partial charge in [-0.1, -0.05) is 0 Å². The zero-order valence-electron chi connectivity index (χ0n) is 9.43. The minimum absolute atomic E-state index is 0.0449. The molecule has 0 aromatic carbocycles. The van der Waals surface area contributed by atoms with Gasteiger partial charge in [0.05, 0.1) is 12.0 Å². The van der Waals surface area contributed by atoms with E-state index in [-0.39, 0.29) is 17.9 Å². The quantitative estimate of drug-likeness (QED) is 0.493. The van der Waals surface area contributed by atoms with Gasteiger partial charge in [-0.05, 0) is 26.8 Å². The predicted molar refractivity (Wildman–Crippen MR) is 56.8 cm³/mol. The summed E-state index contributed by atoms with van der Waals surface area (Å²) in [7, 11) is 0. The van der Waals surface area contributed by atoms with Crippen molar-refractivity contribution in [2.24, 2.45) is 5.92 Å². The average Bonchev–Trinajstić information content (AvgIpc) is 2.59. The number of carbonyl (C=O) groups is 2. The van der Waals surface area contributed by atoms with E-state index in [0.29, 0.717) is 6.42 Å². The summed E-state index contributed by atoms with van der Waals surface area (Å²) < 4.78 is 0. The van der Waals surface area contributed by atoms with Crippen LogP contribution in [0.15, 0.2) is 0 Å². The van der Waals surface area contributed by atoms with Crippen molar-refractivity contribution in [3.8, 4) is 0 Å². The van der Waals surface area contributed by atoms with Crippen molar-refractivity contribution in [2.45, 2.75) is 38.5 Å². The van der Waals surface area contributed by atoms with Gasteiger partial charge in [-0.2, -0.15) is 0 Å². The monoisotopic (exact) mass is 230 g/mol. The summed E-state index contributed by atoms with van der Waals surface area (Å²) in [5.74, 6) is -1.76. The number of aliphatic hydroxyl groups is 1. The van der Waals surface area contributed by atoms with E-state index < -0.39 is 18.1 Å². The molecule has 0 radical (unpaired) electrons. The van der Waals surface area contributed by atoms with Crippen LogP contribution in [0, 0.1) is 5.92 Å². The lowest BCUT2D eigenvalue weighted by Gasteiger charge is -2.21. The number of aliphatic hydroxyl groups excluding tert-OH is 1. The van der Waals surface area contributed by atoms with Gasteiger partial charge in [0.2, 0.25) is 5.91 Å². The molecule has 0 spiro atoms. The van der Waals surface area contributed by atoms with Crippen LogP contribution in [0.4, 0.5) is 0 Å². The standard InChI is InChI=1S/C10H18N2O4/c1-5-7(3-4-11-5)9(14)12-8(6(2)13)10(15)16/h5-8,11,13H,3-4H2,1-2H3,(H,12,14)(H,15,16). The van der Waals surface area contributed by atoms with Crippen LogP contribution < -0.4 is 10.6 Å². The van der Waals surface area contributed by atoms with E-state index in [1.807, 2.05) is 6.92 Å². The summed E-state index contributed by atoms with van der Waals surface area (Å²) in [5.41, 5.74) is 0. The van der Waals surface area contributed by atoms with E-state index >= 15 is 0 Å². The minimum atomic E-state index is -1.24. The topological polar surface area (TPSA) is 98.7 Å². The van der Waals surface area contributed by atoms with E-state index in [9.17, 15) is 14.7 Å². The van der Waals surface area contributed by atoms with Crippen molar-refractivity contribution in [1.82, 2.24) is 10.6 Å². The first kappa shape index (κ1) is 12.9. The highest BCUT2D eigenvalue weighted by Crippen LogP contribution is 2.15. The fourth-order valence-electron chi connectivity index (χ4n) is 1.87. The summed E-state index contributed by atoms with van der Waals surface area (Å²) in [5, 5.41) is 23.5. The van der Waals surface area contributed by atoms with Gasteiger partial charge in [0.25, 0.3) is 0 Å². The molecule has 1 amide bonds. The Bertz CT molecular complexity index is 280. The molecule has 0 aromatic rings. The highest BCUT2D eigenvalue weighted by Gasteiger charge is 2.33. The third-order valence-electron chi connectivity index (χ3n) is 2.91. The molecule has 6 heteroatoms. The predicted octanol–water partition coefficient (Wildman–Crippen LogP) is -1.07. The zero-order valence-corrected chi connectivity index (χ0v) is 9.43. The van der Waals surface area contributed by atoms with Gasteiger partial charge in [-0.3, -0.25) is 4.79 Å². The Hall–Kier alpha value is -1.14. The fourth-order valence-corrected chi connectivity index (χ4v) is 1.87. The summed E-state index contributed by atoms with van der Waals surface area (Å²) in [6.07, 6.45) is -0.412. The molecular formula is C10H18N2O4. The van der Waals surface area contributed by atoms with Gasteiger partial charge in [0.15, 0.2) is 6.04 Å². The van der Waals surface area contributed by atoms with Crippen molar-refractivity contribution in [3.63, 3.8) is 0 Å². The normalized spacial score (nSPS) is 28.4. The Morgan fingerprint density at radius 1 is 1.50 bits per heavy atom. The fraction of sp³-hybridized carbons (Fsp3) is 0.800. The summed E-state index contributed by atoms with van der Waals surface area (Å²) in [6.45, 7) is 3.98. The number of hydrogen-bond donors (Lipinski definition) is 4. The molecule has 92 valence electrons. The molecule has 16 heavy (non-hydrogen) atoms. The third-order valence-corrected chi connectivity index (χ3v) is 2.91. The molecule has 4 unspecified atom stereocenters. The Morgan fingerprint density at radius 2 is 2.12 bits per heavy atom. The van der Waals surface area contributed by atoms with E-state index in [2.05, 4.69) is 10.6 Å². The van der Waals surface area contributed by atoms with Crippen LogP contribution in [0.2, 0.25) is 0 Å². The first-order valence-electron chi connectivity index (χ1n) is 5.38. The Morgan fingerprint density at radius 3 is 2.50 bits per heavy atom. The van der Waals surface area contributed by atoms with Crippen LogP contribution in [0.5, 0.6) is 0 Å². The molecule has 1 aliphatic heterocycles. The third kappa shape index (κ3) is 2.93. The molecule has 0 saturated carbocycles. The molecule has 0 bridgehead atoms. The number of hydrogen-bond acceptors (Lipinski definition) is 4. The van der Waals surface area contributed by atoms with E-state index in [1.165, 1.54) is 6.92 Å². The average molecular weight is 230 g/mol. The summed E-state index contributed by atoms with van der Waals surface area (Å²) in [4.78, 5) is 22.5. The van der Waals surface area contributed by atoms with Gasteiger partial charge >= 0.3 is 5.97 Å². The zero-order chi connectivity index (χ0) is 12.3. The lowest BCUT2D eigenvalue weighted by atomic mass is 10.0. The van der Waals surface area contributed by atoms with E-state index in [0.717, 1.165) is 6.54 Å². The number of carboxylic acid groups (broad SMARTS) is 1. The van der Waals surface area contributed by atoms with E-state index in [1.54, 1.807) is 0 Å². The maximum atomic E-state index is 11.7. The molecule has 1 saturated heterocycles. The number of rotatable bonds is 4. The van der Waals surface area contributed by atoms with Crippen LogP contribution in [0.3, 0.4) is 0 Å². The Labute approximate surface area is 94.0 Å². The molecule has 1 fully saturated rings. The second kappa shape index (κ2) is 5.27. The Kier molecular flexibility index (Phi) is 4.26. The van der Waals surface area contributed by atoms with Gasteiger partial charge in [-0.15, -0.1) is 0 Å². The van der Waals surface area contributed by atoms with Gasteiger partial charge in [-0.25, -0.2) is 4.79 Å². The smallest absolute Gasteiger partial charge is 0.328 e. The van der Waals surface area contributed by atoms with Gasteiger partial charge in [0.1, 0.15) is 0 Å². The minimum Gasteiger partial charge on any atom is -0.480 e. The number of carboxylic acids is 1. The van der Waals surface area contributed by atoms with Crippen molar-refractivity contribution in [1.29, 1.82) is 0 Å². The van der Waals surface area contributed by atoms with Crippen molar-refractivity contribution in [2.75, 3.05) is 6.54 Å². The van der Waals surface area contributed by atoms with Crippen molar-refractivity contribution in [3.05, 3.63) is 0 Å². The largest absolute Gasteiger partial charge is 0.480 e. The molecular weight excluding hydrogens is 212 g/mol. The van der Waals surface area contributed by atoms with Crippen LogP contribution >= 0.6 is 0 Å².